The van der Waals surface area contributed by atoms with Gasteiger partial charge in [-0.2, -0.15) is 0 Å². The van der Waals surface area contributed by atoms with Gasteiger partial charge in [0.2, 0.25) is 0 Å². The molecule has 0 amide bonds. The number of ketones is 1. The molecule has 0 aliphatic carbocycles. The summed E-state index contributed by atoms with van der Waals surface area (Å²) in [4.78, 5) is 14.0. The SMILES string of the molecule is CC(=O)C1CCCCN1C1CCOCC1. The van der Waals surface area contributed by atoms with E-state index in [0.717, 1.165) is 39.0 Å². The van der Waals surface area contributed by atoms with Gasteiger partial charge in [-0.15, -0.1) is 0 Å². The van der Waals surface area contributed by atoms with Crippen LogP contribution in [0.3, 0.4) is 0 Å². The Morgan fingerprint density at radius 3 is 2.60 bits per heavy atom. The van der Waals surface area contributed by atoms with Crippen LogP contribution in [0.1, 0.15) is 39.0 Å². The minimum atomic E-state index is 0.196. The number of hydrogen-bond donors (Lipinski definition) is 0. The van der Waals surface area contributed by atoms with Gasteiger partial charge in [0.1, 0.15) is 5.78 Å². The molecule has 2 rings (SSSR count). The third-order valence-corrected chi connectivity index (χ3v) is 3.67. The van der Waals surface area contributed by atoms with Crippen molar-refractivity contribution in [2.24, 2.45) is 0 Å². The minimum absolute atomic E-state index is 0.196. The van der Waals surface area contributed by atoms with Gasteiger partial charge in [-0.3, -0.25) is 9.69 Å². The molecule has 2 aliphatic rings. The van der Waals surface area contributed by atoms with Gasteiger partial charge < -0.3 is 4.74 Å². The van der Waals surface area contributed by atoms with Gasteiger partial charge in [0, 0.05) is 19.3 Å². The molecule has 15 heavy (non-hydrogen) atoms. The summed E-state index contributed by atoms with van der Waals surface area (Å²) in [6.07, 6.45) is 5.73. The zero-order valence-electron chi connectivity index (χ0n) is 9.58. The summed E-state index contributed by atoms with van der Waals surface area (Å²) in [5.74, 6) is 0.348. The number of piperidine rings is 1. The van der Waals surface area contributed by atoms with Gasteiger partial charge >= 0.3 is 0 Å². The summed E-state index contributed by atoms with van der Waals surface area (Å²) < 4.78 is 5.37. The molecule has 3 heteroatoms. The van der Waals surface area contributed by atoms with Crippen LogP contribution in [0.4, 0.5) is 0 Å². The van der Waals surface area contributed by atoms with E-state index in [2.05, 4.69) is 4.90 Å². The molecule has 0 spiro atoms. The van der Waals surface area contributed by atoms with Crippen LogP contribution in [0.2, 0.25) is 0 Å². The van der Waals surface area contributed by atoms with Gasteiger partial charge in [-0.05, 0) is 39.2 Å². The second-order valence-electron chi connectivity index (χ2n) is 4.70. The van der Waals surface area contributed by atoms with E-state index in [4.69, 9.17) is 4.74 Å². The molecule has 2 heterocycles. The first-order valence-corrected chi connectivity index (χ1v) is 6.13. The molecule has 86 valence electrons. The average Bonchev–Trinajstić information content (AvgIpc) is 2.30. The topological polar surface area (TPSA) is 29.5 Å². The van der Waals surface area contributed by atoms with Gasteiger partial charge in [0.15, 0.2) is 0 Å². The normalized spacial score (nSPS) is 30.3. The van der Waals surface area contributed by atoms with Crippen LogP contribution >= 0.6 is 0 Å². The van der Waals surface area contributed by atoms with Crippen molar-refractivity contribution in [1.82, 2.24) is 4.90 Å². The quantitative estimate of drug-likeness (QED) is 0.695. The molecule has 0 aromatic rings. The molecular formula is C12H21NO2. The molecule has 3 nitrogen and oxygen atoms in total. The zero-order chi connectivity index (χ0) is 10.7. The summed E-state index contributed by atoms with van der Waals surface area (Å²) in [7, 11) is 0. The van der Waals surface area contributed by atoms with Crippen molar-refractivity contribution in [1.29, 1.82) is 0 Å². The van der Waals surface area contributed by atoms with Crippen LogP contribution in [0, 0.1) is 0 Å². The summed E-state index contributed by atoms with van der Waals surface area (Å²) in [6.45, 7) is 4.58. The predicted octanol–water partition coefficient (Wildman–Crippen LogP) is 1.61. The van der Waals surface area contributed by atoms with E-state index in [9.17, 15) is 4.79 Å². The molecule has 1 unspecified atom stereocenters. The Hall–Kier alpha value is -0.410. The van der Waals surface area contributed by atoms with E-state index < -0.39 is 0 Å². The smallest absolute Gasteiger partial charge is 0.146 e. The van der Waals surface area contributed by atoms with E-state index >= 15 is 0 Å². The van der Waals surface area contributed by atoms with Crippen molar-refractivity contribution in [3.05, 3.63) is 0 Å². The van der Waals surface area contributed by atoms with Crippen LogP contribution in [0.5, 0.6) is 0 Å². The van der Waals surface area contributed by atoms with E-state index in [1.165, 1.54) is 12.8 Å². The van der Waals surface area contributed by atoms with Crippen molar-refractivity contribution in [2.75, 3.05) is 19.8 Å². The molecule has 1 atom stereocenters. The van der Waals surface area contributed by atoms with Crippen LogP contribution in [0.25, 0.3) is 0 Å². The Labute approximate surface area is 91.8 Å². The fourth-order valence-corrected chi connectivity index (χ4v) is 2.84. The fourth-order valence-electron chi connectivity index (χ4n) is 2.84. The number of ether oxygens (including phenoxy) is 1. The lowest BCUT2D eigenvalue weighted by molar-refractivity contribution is -0.125. The van der Waals surface area contributed by atoms with Crippen LogP contribution in [-0.4, -0.2) is 42.5 Å². The molecule has 2 saturated heterocycles. The van der Waals surface area contributed by atoms with Crippen molar-refractivity contribution < 1.29 is 9.53 Å². The van der Waals surface area contributed by atoms with Gasteiger partial charge in [0.25, 0.3) is 0 Å². The van der Waals surface area contributed by atoms with E-state index in [0.29, 0.717) is 11.8 Å². The number of likely N-dealkylation sites (tertiary alicyclic amines) is 1. The first kappa shape index (κ1) is 11.1. The van der Waals surface area contributed by atoms with Crippen molar-refractivity contribution >= 4 is 5.78 Å². The van der Waals surface area contributed by atoms with Crippen molar-refractivity contribution in [3.8, 4) is 0 Å². The number of rotatable bonds is 2. The number of hydrogen-bond acceptors (Lipinski definition) is 3. The van der Waals surface area contributed by atoms with Crippen molar-refractivity contribution in [3.63, 3.8) is 0 Å². The van der Waals surface area contributed by atoms with Gasteiger partial charge in [0.05, 0.1) is 6.04 Å². The Kier molecular flexibility index (Phi) is 3.76. The molecule has 2 fully saturated rings. The molecule has 0 radical (unpaired) electrons. The van der Waals surface area contributed by atoms with Crippen LogP contribution in [-0.2, 0) is 9.53 Å². The standard InChI is InChI=1S/C12H21NO2/c1-10(14)12-4-2-3-7-13(12)11-5-8-15-9-6-11/h11-12H,2-9H2,1H3. The maximum atomic E-state index is 11.6. The Bertz CT molecular complexity index is 224. The van der Waals surface area contributed by atoms with E-state index in [1.807, 2.05) is 0 Å². The molecule has 0 N–H and O–H groups in total. The maximum Gasteiger partial charge on any atom is 0.146 e. The molecule has 2 aliphatic heterocycles. The highest BCUT2D eigenvalue weighted by Crippen LogP contribution is 2.24. The monoisotopic (exact) mass is 211 g/mol. The molecule has 0 aromatic carbocycles. The average molecular weight is 211 g/mol. The third kappa shape index (κ3) is 2.58. The number of carbonyl (C=O) groups is 1. The summed E-state index contributed by atoms with van der Waals surface area (Å²) >= 11 is 0. The number of carbonyl (C=O) groups excluding carboxylic acids is 1. The first-order chi connectivity index (χ1) is 7.29. The summed E-state index contributed by atoms with van der Waals surface area (Å²) in [6, 6.07) is 0.787. The van der Waals surface area contributed by atoms with Gasteiger partial charge in [-0.1, -0.05) is 6.42 Å². The predicted molar refractivity (Wildman–Crippen MR) is 58.9 cm³/mol. The minimum Gasteiger partial charge on any atom is -0.381 e. The second-order valence-corrected chi connectivity index (χ2v) is 4.70. The fraction of sp³-hybridized carbons (Fsp3) is 0.917. The van der Waals surface area contributed by atoms with Crippen molar-refractivity contribution in [2.45, 2.75) is 51.1 Å². The largest absolute Gasteiger partial charge is 0.381 e. The summed E-state index contributed by atoms with van der Waals surface area (Å²) in [5, 5.41) is 0. The molecule has 0 aromatic heterocycles. The maximum absolute atomic E-state index is 11.6. The Morgan fingerprint density at radius 2 is 1.93 bits per heavy atom. The summed E-state index contributed by atoms with van der Waals surface area (Å²) in [5.41, 5.74) is 0. The first-order valence-electron chi connectivity index (χ1n) is 6.13. The second kappa shape index (κ2) is 5.08. The van der Waals surface area contributed by atoms with E-state index in [1.54, 1.807) is 6.92 Å². The van der Waals surface area contributed by atoms with E-state index in [-0.39, 0.29) is 6.04 Å². The van der Waals surface area contributed by atoms with Crippen LogP contribution < -0.4 is 0 Å². The zero-order valence-corrected chi connectivity index (χ0v) is 9.58. The van der Waals surface area contributed by atoms with Gasteiger partial charge in [-0.25, -0.2) is 0 Å². The Morgan fingerprint density at radius 1 is 1.20 bits per heavy atom. The lowest BCUT2D eigenvalue weighted by atomic mass is 9.94. The third-order valence-electron chi connectivity index (χ3n) is 3.67. The highest BCUT2D eigenvalue weighted by Gasteiger charge is 2.32. The molecule has 0 bridgehead atoms. The number of nitrogens with zero attached hydrogens (tertiary/aromatic N) is 1. The molecular weight excluding hydrogens is 190 g/mol. The highest BCUT2D eigenvalue weighted by atomic mass is 16.5. The highest BCUT2D eigenvalue weighted by molar-refractivity contribution is 5.81. The number of Topliss-reactive ketones (excluding diaryl/α,β-unsaturated/α-hetero) is 1. The van der Waals surface area contributed by atoms with Crippen LogP contribution in [0.15, 0.2) is 0 Å². The molecule has 0 saturated carbocycles. The lowest BCUT2D eigenvalue weighted by Crippen LogP contribution is -2.51. The lowest BCUT2D eigenvalue weighted by Gasteiger charge is -2.41. The Balaban J connectivity index is 1.99.